The molecule has 0 aliphatic carbocycles. The predicted octanol–water partition coefficient (Wildman–Crippen LogP) is 2.41. The fourth-order valence-corrected chi connectivity index (χ4v) is 1.69. The molecule has 0 aromatic heterocycles. The molecule has 88 valence electrons. The van der Waals surface area contributed by atoms with Gasteiger partial charge in [0.05, 0.1) is 10.5 Å². The lowest BCUT2D eigenvalue weighted by Gasteiger charge is -2.14. The van der Waals surface area contributed by atoms with Crippen molar-refractivity contribution in [3.8, 4) is 5.75 Å². The molecular weight excluding hydrogens is 208 g/mol. The summed E-state index contributed by atoms with van der Waals surface area (Å²) in [6.45, 7) is 3.64. The number of rotatable bonds is 4. The minimum Gasteiger partial charge on any atom is -0.507 e. The molecular formula is C11H16N2O3. The lowest BCUT2D eigenvalue weighted by Crippen LogP contribution is -2.12. The Morgan fingerprint density at radius 1 is 1.56 bits per heavy atom. The van der Waals surface area contributed by atoms with Crippen molar-refractivity contribution < 1.29 is 10.0 Å². The maximum absolute atomic E-state index is 10.8. The van der Waals surface area contributed by atoms with Gasteiger partial charge < -0.3 is 10.8 Å². The summed E-state index contributed by atoms with van der Waals surface area (Å²) in [6, 6.07) is 2.42. The summed E-state index contributed by atoms with van der Waals surface area (Å²) < 4.78 is 0. The lowest BCUT2D eigenvalue weighted by molar-refractivity contribution is -0.385. The molecule has 0 amide bonds. The van der Waals surface area contributed by atoms with E-state index in [2.05, 4.69) is 0 Å². The van der Waals surface area contributed by atoms with Gasteiger partial charge in [-0.2, -0.15) is 0 Å². The van der Waals surface area contributed by atoms with Crippen molar-refractivity contribution in [1.29, 1.82) is 0 Å². The molecule has 0 spiro atoms. The number of nitrogens with zero attached hydrogens (tertiary/aromatic N) is 1. The van der Waals surface area contributed by atoms with E-state index in [4.69, 9.17) is 5.73 Å². The van der Waals surface area contributed by atoms with Crippen molar-refractivity contribution in [2.75, 3.05) is 0 Å². The first-order valence-electron chi connectivity index (χ1n) is 5.21. The maximum Gasteiger partial charge on any atom is 0.277 e. The molecule has 0 bridgehead atoms. The van der Waals surface area contributed by atoms with E-state index in [0.29, 0.717) is 12.0 Å². The molecule has 0 aliphatic rings. The van der Waals surface area contributed by atoms with Crippen molar-refractivity contribution in [2.24, 2.45) is 5.73 Å². The van der Waals surface area contributed by atoms with Crippen LogP contribution in [0.15, 0.2) is 12.1 Å². The van der Waals surface area contributed by atoms with Crippen LogP contribution >= 0.6 is 0 Å². The summed E-state index contributed by atoms with van der Waals surface area (Å²) >= 11 is 0. The smallest absolute Gasteiger partial charge is 0.277 e. The molecule has 0 unspecified atom stereocenters. The molecule has 0 radical (unpaired) electrons. The summed E-state index contributed by atoms with van der Waals surface area (Å²) in [4.78, 5) is 10.3. The van der Waals surface area contributed by atoms with Crippen molar-refractivity contribution in [3.63, 3.8) is 0 Å². The highest BCUT2D eigenvalue weighted by Gasteiger charge is 2.23. The number of nitrogens with two attached hydrogens (primary N) is 1. The van der Waals surface area contributed by atoms with Gasteiger partial charge in [-0.3, -0.25) is 10.1 Å². The summed E-state index contributed by atoms with van der Waals surface area (Å²) in [6.07, 6.45) is 1.42. The van der Waals surface area contributed by atoms with Crippen LogP contribution in [0.5, 0.6) is 5.75 Å². The van der Waals surface area contributed by atoms with E-state index >= 15 is 0 Å². The Hall–Kier alpha value is -1.62. The highest BCUT2D eigenvalue weighted by atomic mass is 16.6. The third-order valence-corrected chi connectivity index (χ3v) is 2.56. The number of phenolic OH excluding ortho intramolecular Hbond substituents is 1. The first-order chi connectivity index (χ1) is 7.49. The predicted molar refractivity (Wildman–Crippen MR) is 61.3 cm³/mol. The van der Waals surface area contributed by atoms with Gasteiger partial charge in [-0.25, -0.2) is 0 Å². The zero-order chi connectivity index (χ0) is 12.3. The van der Waals surface area contributed by atoms with Crippen molar-refractivity contribution >= 4 is 5.69 Å². The Morgan fingerprint density at radius 2 is 2.19 bits per heavy atom. The Labute approximate surface area is 94.0 Å². The van der Waals surface area contributed by atoms with Gasteiger partial charge in [-0.05, 0) is 25.0 Å². The number of aromatic hydroxyl groups is 1. The average molecular weight is 224 g/mol. The Morgan fingerprint density at radius 3 is 2.69 bits per heavy atom. The van der Waals surface area contributed by atoms with E-state index in [1.165, 1.54) is 12.1 Å². The molecule has 1 aromatic rings. The minimum absolute atomic E-state index is 0.0600. The zero-order valence-corrected chi connectivity index (χ0v) is 9.43. The average Bonchev–Trinajstić information content (AvgIpc) is 2.21. The van der Waals surface area contributed by atoms with Gasteiger partial charge in [0.1, 0.15) is 5.75 Å². The summed E-state index contributed by atoms with van der Waals surface area (Å²) in [7, 11) is 0. The van der Waals surface area contributed by atoms with E-state index in [-0.39, 0.29) is 17.0 Å². The first-order valence-corrected chi connectivity index (χ1v) is 5.21. The zero-order valence-electron chi connectivity index (χ0n) is 9.43. The van der Waals surface area contributed by atoms with Crippen molar-refractivity contribution in [2.45, 2.75) is 32.7 Å². The Balaban J connectivity index is 3.31. The normalized spacial score (nSPS) is 12.4. The highest BCUT2D eigenvalue weighted by molar-refractivity contribution is 5.54. The van der Waals surface area contributed by atoms with Gasteiger partial charge in [-0.1, -0.05) is 13.3 Å². The fourth-order valence-electron chi connectivity index (χ4n) is 1.69. The number of aryl methyl sites for hydroxylation is 1. The Bertz CT molecular complexity index is 404. The monoisotopic (exact) mass is 224 g/mol. The number of nitro groups is 1. The fraction of sp³-hybridized carbons (Fsp3) is 0.455. The minimum atomic E-state index is -0.510. The molecule has 5 nitrogen and oxygen atoms in total. The molecule has 1 rings (SSSR count). The van der Waals surface area contributed by atoms with Crippen molar-refractivity contribution in [1.82, 2.24) is 0 Å². The maximum atomic E-state index is 10.8. The molecule has 0 saturated carbocycles. The second-order valence-electron chi connectivity index (χ2n) is 3.82. The van der Waals surface area contributed by atoms with Crippen LogP contribution in [0, 0.1) is 17.0 Å². The molecule has 0 aliphatic heterocycles. The third-order valence-electron chi connectivity index (χ3n) is 2.56. The second-order valence-corrected chi connectivity index (χ2v) is 3.82. The van der Waals surface area contributed by atoms with Crippen LogP contribution in [0.2, 0.25) is 0 Å². The van der Waals surface area contributed by atoms with Crippen LogP contribution in [0.4, 0.5) is 5.69 Å². The molecule has 0 heterocycles. The summed E-state index contributed by atoms with van der Waals surface area (Å²) in [5.74, 6) is -0.0600. The van der Waals surface area contributed by atoms with E-state index in [0.717, 1.165) is 6.42 Å². The van der Waals surface area contributed by atoms with Gasteiger partial charge in [0.15, 0.2) is 0 Å². The highest BCUT2D eigenvalue weighted by Crippen LogP contribution is 2.36. The standard InChI is InChI=1S/C11H16N2O3/c1-3-4-8(12)10-9(13(15)16)6-5-7(2)11(10)14/h5-6,8,14H,3-4,12H2,1-2H3/t8-/m0/s1. The molecule has 1 atom stereocenters. The van der Waals surface area contributed by atoms with Crippen LogP contribution < -0.4 is 5.73 Å². The van der Waals surface area contributed by atoms with Gasteiger partial charge in [0.25, 0.3) is 5.69 Å². The van der Waals surface area contributed by atoms with E-state index in [9.17, 15) is 15.2 Å². The van der Waals surface area contributed by atoms with Crippen LogP contribution in [-0.2, 0) is 0 Å². The summed E-state index contributed by atoms with van der Waals surface area (Å²) in [5, 5.41) is 20.7. The van der Waals surface area contributed by atoms with E-state index in [1.54, 1.807) is 6.92 Å². The van der Waals surface area contributed by atoms with Gasteiger partial charge in [0.2, 0.25) is 0 Å². The van der Waals surface area contributed by atoms with Crippen LogP contribution in [0.1, 0.15) is 36.9 Å². The molecule has 1 aromatic carbocycles. The van der Waals surface area contributed by atoms with Gasteiger partial charge in [-0.15, -0.1) is 0 Å². The van der Waals surface area contributed by atoms with Crippen LogP contribution in [0.3, 0.4) is 0 Å². The van der Waals surface area contributed by atoms with Crippen LogP contribution in [-0.4, -0.2) is 10.0 Å². The first kappa shape index (κ1) is 12.4. The number of phenols is 1. The molecule has 5 heteroatoms. The molecule has 0 saturated heterocycles. The van der Waals surface area contributed by atoms with E-state index < -0.39 is 11.0 Å². The molecule has 0 fully saturated rings. The number of hydrogen-bond donors (Lipinski definition) is 2. The second kappa shape index (κ2) is 4.94. The van der Waals surface area contributed by atoms with Gasteiger partial charge in [0, 0.05) is 12.1 Å². The van der Waals surface area contributed by atoms with Crippen LogP contribution in [0.25, 0.3) is 0 Å². The van der Waals surface area contributed by atoms with Crippen molar-refractivity contribution in [3.05, 3.63) is 33.4 Å². The largest absolute Gasteiger partial charge is 0.507 e. The van der Waals surface area contributed by atoms with Gasteiger partial charge >= 0.3 is 0 Å². The lowest BCUT2D eigenvalue weighted by atomic mass is 9.98. The summed E-state index contributed by atoms with van der Waals surface area (Å²) in [5.41, 5.74) is 6.59. The number of benzene rings is 1. The number of nitro benzene ring substituents is 1. The third kappa shape index (κ3) is 2.30. The molecule has 16 heavy (non-hydrogen) atoms. The quantitative estimate of drug-likeness (QED) is 0.607. The van der Waals surface area contributed by atoms with E-state index in [1.807, 2.05) is 6.92 Å². The topological polar surface area (TPSA) is 89.4 Å². The Kier molecular flexibility index (Phi) is 3.84. The molecule has 3 N–H and O–H groups in total. The SMILES string of the molecule is CCC[C@H](N)c1c([N+](=O)[O-])ccc(C)c1O. The number of hydrogen-bond acceptors (Lipinski definition) is 4.